The zero-order valence-corrected chi connectivity index (χ0v) is 23.8. The fourth-order valence-electron chi connectivity index (χ4n) is 3.84. The number of carbonyl (C=O) groups excluding carboxylic acids is 2. The molecule has 4 rings (SSSR count). The summed E-state index contributed by atoms with van der Waals surface area (Å²) in [5.41, 5.74) is -0.473. The first kappa shape index (κ1) is 29.7. The minimum atomic E-state index is -4.16. The van der Waals surface area contributed by atoms with E-state index in [4.69, 9.17) is 18.9 Å². The Morgan fingerprint density at radius 2 is 1.27 bits per heavy atom. The van der Waals surface area contributed by atoms with Gasteiger partial charge in [-0.1, -0.05) is 0 Å². The molecule has 0 bridgehead atoms. The number of esters is 2. The minimum absolute atomic E-state index is 0.0891. The molecule has 1 unspecified atom stereocenters. The van der Waals surface area contributed by atoms with E-state index >= 15 is 0 Å². The Hall–Kier alpha value is -4.30. The number of sulfonamides is 2. The molecule has 14 heteroatoms. The topological polar surface area (TPSA) is 163 Å². The van der Waals surface area contributed by atoms with Crippen LogP contribution < -0.4 is 18.9 Å². The predicted octanol–water partition coefficient (Wildman–Crippen LogP) is 3.56. The summed E-state index contributed by atoms with van der Waals surface area (Å²) >= 11 is 0. The van der Waals surface area contributed by atoms with Crippen molar-refractivity contribution < 1.29 is 45.4 Å². The highest BCUT2D eigenvalue weighted by Crippen LogP contribution is 2.27. The summed E-state index contributed by atoms with van der Waals surface area (Å²) in [7, 11) is -8.33. The molecular formula is C27H28N2O10S2. The lowest BCUT2D eigenvalue weighted by Crippen LogP contribution is -2.23. The van der Waals surface area contributed by atoms with E-state index < -0.39 is 38.1 Å². The van der Waals surface area contributed by atoms with E-state index in [0.29, 0.717) is 24.7 Å². The highest BCUT2D eigenvalue weighted by molar-refractivity contribution is 7.93. The maximum absolute atomic E-state index is 13.1. The van der Waals surface area contributed by atoms with Crippen LogP contribution in [0.15, 0.2) is 76.5 Å². The molecular weight excluding hydrogens is 576 g/mol. The second kappa shape index (κ2) is 12.5. The van der Waals surface area contributed by atoms with Crippen LogP contribution in [0.4, 0.5) is 11.4 Å². The van der Waals surface area contributed by atoms with Crippen LogP contribution >= 0.6 is 0 Å². The van der Waals surface area contributed by atoms with Crippen LogP contribution in [-0.2, 0) is 34.3 Å². The second-order valence-electron chi connectivity index (χ2n) is 8.67. The normalized spacial score (nSPS) is 15.1. The summed E-state index contributed by atoms with van der Waals surface area (Å²) in [5, 5.41) is 0. The van der Waals surface area contributed by atoms with Gasteiger partial charge in [-0.25, -0.2) is 26.4 Å². The van der Waals surface area contributed by atoms with Crippen molar-refractivity contribution in [2.75, 3.05) is 29.3 Å². The predicted molar refractivity (Wildman–Crippen MR) is 148 cm³/mol. The van der Waals surface area contributed by atoms with Gasteiger partial charge in [0.25, 0.3) is 20.0 Å². The summed E-state index contributed by atoms with van der Waals surface area (Å²) in [6.07, 6.45) is -0.970. The molecule has 218 valence electrons. The Labute approximate surface area is 237 Å². The Balaban J connectivity index is 1.65. The lowest BCUT2D eigenvalue weighted by Gasteiger charge is -2.15. The molecule has 1 atom stereocenters. The zero-order chi connectivity index (χ0) is 29.6. The maximum Gasteiger partial charge on any atom is 0.347 e. The van der Waals surface area contributed by atoms with Gasteiger partial charge in [-0.3, -0.25) is 9.44 Å². The van der Waals surface area contributed by atoms with E-state index in [1.165, 1.54) is 66.7 Å². The molecule has 3 aromatic rings. The monoisotopic (exact) mass is 604 g/mol. The summed E-state index contributed by atoms with van der Waals surface area (Å²) in [6.45, 7) is 4.48. The van der Waals surface area contributed by atoms with Crippen LogP contribution in [0.5, 0.6) is 11.5 Å². The van der Waals surface area contributed by atoms with Crippen LogP contribution in [-0.4, -0.2) is 54.7 Å². The molecule has 1 saturated heterocycles. The van der Waals surface area contributed by atoms with Crippen LogP contribution in [0.1, 0.15) is 30.6 Å². The van der Waals surface area contributed by atoms with Gasteiger partial charge in [0.2, 0.25) is 6.10 Å². The first-order chi connectivity index (χ1) is 19.5. The molecule has 41 heavy (non-hydrogen) atoms. The number of ether oxygens (including phenoxy) is 4. The fraction of sp³-hybridized carbons (Fsp3) is 0.259. The van der Waals surface area contributed by atoms with Gasteiger partial charge in [0, 0.05) is 6.42 Å². The molecule has 1 fully saturated rings. The van der Waals surface area contributed by atoms with E-state index in [1.807, 2.05) is 0 Å². The van der Waals surface area contributed by atoms with E-state index in [9.17, 15) is 26.4 Å². The lowest BCUT2D eigenvalue weighted by molar-refractivity contribution is -0.145. The molecule has 1 aliphatic rings. The van der Waals surface area contributed by atoms with Crippen molar-refractivity contribution in [2.24, 2.45) is 0 Å². The Bertz CT molecular complexity index is 1520. The average Bonchev–Trinajstić information content (AvgIpc) is 3.33. The van der Waals surface area contributed by atoms with Gasteiger partial charge in [0.15, 0.2) is 0 Å². The van der Waals surface area contributed by atoms with E-state index in [0.717, 1.165) is 0 Å². The minimum Gasteiger partial charge on any atom is -0.494 e. The van der Waals surface area contributed by atoms with Crippen molar-refractivity contribution in [3.63, 3.8) is 0 Å². The fourth-order valence-corrected chi connectivity index (χ4v) is 5.92. The molecule has 2 N–H and O–H groups in total. The molecule has 1 aliphatic heterocycles. The standard InChI is InChI=1S/C27H28N2O10S2/c1-3-36-21-5-9-23(10-6-21)40(32,33)28-19-15-18(26(30)39-25-13-14-38-27(25)31)16-20(17-19)29-41(34,35)24-11-7-22(8-12-24)37-4-2/h5-12,15-17,25,28-29H,3-4,13-14H2,1-2H3. The number of cyclic esters (lactones) is 1. The third kappa shape index (κ3) is 7.46. The zero-order valence-electron chi connectivity index (χ0n) is 22.2. The van der Waals surface area contributed by atoms with Crippen molar-refractivity contribution >= 4 is 43.4 Å². The summed E-state index contributed by atoms with van der Waals surface area (Å²) in [4.78, 5) is 24.5. The summed E-state index contributed by atoms with van der Waals surface area (Å²) in [6, 6.07) is 14.9. The third-order valence-corrected chi connectivity index (χ3v) is 8.49. The molecule has 0 radical (unpaired) electrons. The number of hydrogen-bond acceptors (Lipinski definition) is 10. The van der Waals surface area contributed by atoms with Gasteiger partial charge in [-0.05, 0) is 80.6 Å². The maximum atomic E-state index is 13.1. The van der Waals surface area contributed by atoms with Gasteiger partial charge in [0.1, 0.15) is 11.5 Å². The smallest absolute Gasteiger partial charge is 0.347 e. The van der Waals surface area contributed by atoms with Gasteiger partial charge < -0.3 is 18.9 Å². The van der Waals surface area contributed by atoms with Crippen LogP contribution in [0.3, 0.4) is 0 Å². The molecule has 1 heterocycles. The number of carbonyl (C=O) groups is 2. The first-order valence-electron chi connectivity index (χ1n) is 12.5. The van der Waals surface area contributed by atoms with E-state index in [-0.39, 0.29) is 39.8 Å². The van der Waals surface area contributed by atoms with E-state index in [1.54, 1.807) is 13.8 Å². The van der Waals surface area contributed by atoms with Crippen molar-refractivity contribution in [3.8, 4) is 11.5 Å². The van der Waals surface area contributed by atoms with Crippen LogP contribution in [0, 0.1) is 0 Å². The van der Waals surface area contributed by atoms with E-state index in [2.05, 4.69) is 9.44 Å². The molecule has 0 aromatic heterocycles. The van der Waals surface area contributed by atoms with Gasteiger partial charge in [0.05, 0.1) is 46.5 Å². The second-order valence-corrected chi connectivity index (χ2v) is 12.0. The Kier molecular flexibility index (Phi) is 9.03. The van der Waals surface area contributed by atoms with Crippen molar-refractivity contribution in [1.29, 1.82) is 0 Å². The Morgan fingerprint density at radius 1 is 0.805 bits per heavy atom. The highest BCUT2D eigenvalue weighted by Gasteiger charge is 2.31. The van der Waals surface area contributed by atoms with Crippen molar-refractivity contribution in [2.45, 2.75) is 36.2 Å². The molecule has 12 nitrogen and oxygen atoms in total. The number of benzene rings is 3. The quantitative estimate of drug-likeness (QED) is 0.292. The molecule has 0 amide bonds. The van der Waals surface area contributed by atoms with Crippen LogP contribution in [0.2, 0.25) is 0 Å². The van der Waals surface area contributed by atoms with Gasteiger partial charge in [-0.2, -0.15) is 0 Å². The molecule has 3 aromatic carbocycles. The largest absolute Gasteiger partial charge is 0.494 e. The average molecular weight is 605 g/mol. The molecule has 0 spiro atoms. The lowest BCUT2D eigenvalue weighted by atomic mass is 10.2. The van der Waals surface area contributed by atoms with Crippen molar-refractivity contribution in [3.05, 3.63) is 72.3 Å². The number of nitrogens with one attached hydrogen (secondary N) is 2. The number of rotatable bonds is 12. The van der Waals surface area contributed by atoms with Crippen molar-refractivity contribution in [1.82, 2.24) is 0 Å². The van der Waals surface area contributed by atoms with Gasteiger partial charge in [-0.15, -0.1) is 0 Å². The molecule has 0 saturated carbocycles. The molecule has 0 aliphatic carbocycles. The SMILES string of the molecule is CCOc1ccc(S(=O)(=O)Nc2cc(NS(=O)(=O)c3ccc(OCC)cc3)cc(C(=O)OC3CCOC3=O)c2)cc1. The first-order valence-corrected chi connectivity index (χ1v) is 15.5. The number of hydrogen-bond donors (Lipinski definition) is 2. The Morgan fingerprint density at radius 3 is 1.66 bits per heavy atom. The van der Waals surface area contributed by atoms with Crippen LogP contribution in [0.25, 0.3) is 0 Å². The summed E-state index contributed by atoms with van der Waals surface area (Å²) < 4.78 is 77.8. The summed E-state index contributed by atoms with van der Waals surface area (Å²) in [5.74, 6) is -0.722. The number of anilines is 2. The third-order valence-electron chi connectivity index (χ3n) is 5.70. The highest BCUT2D eigenvalue weighted by atomic mass is 32.2. The van der Waals surface area contributed by atoms with Gasteiger partial charge >= 0.3 is 11.9 Å².